The van der Waals surface area contributed by atoms with Crippen molar-refractivity contribution in [3.8, 4) is 0 Å². The smallest absolute Gasteiger partial charge is 0.303 e. The summed E-state index contributed by atoms with van der Waals surface area (Å²) in [4.78, 5) is 32.8. The SMILES string of the molecule is CCCCCCCCCC/C=C/CCCC[N+](CCCCC(=O)[O-])(CCCCC(=O)O)CCCCC(=O)O. The van der Waals surface area contributed by atoms with Gasteiger partial charge in [-0.3, -0.25) is 9.59 Å². The van der Waals surface area contributed by atoms with E-state index < -0.39 is 17.9 Å². The molecule has 0 atom stereocenters. The van der Waals surface area contributed by atoms with Gasteiger partial charge in [0.25, 0.3) is 0 Å². The summed E-state index contributed by atoms with van der Waals surface area (Å²) in [6.07, 6.45) is 24.3. The van der Waals surface area contributed by atoms with Gasteiger partial charge in [0.15, 0.2) is 0 Å². The van der Waals surface area contributed by atoms with Gasteiger partial charge >= 0.3 is 11.9 Å². The highest BCUT2D eigenvalue weighted by Crippen LogP contribution is 2.19. The first-order valence-electron chi connectivity index (χ1n) is 15.4. The average Bonchev–Trinajstić information content (AvgIpc) is 2.87. The van der Waals surface area contributed by atoms with Crippen molar-refractivity contribution in [3.05, 3.63) is 12.2 Å². The zero-order valence-corrected chi connectivity index (χ0v) is 24.3. The number of aliphatic carboxylic acids is 3. The van der Waals surface area contributed by atoms with E-state index in [0.717, 1.165) is 75.6 Å². The molecule has 0 rings (SSSR count). The minimum absolute atomic E-state index is 0.0572. The van der Waals surface area contributed by atoms with Crippen molar-refractivity contribution in [1.29, 1.82) is 0 Å². The molecule has 0 aliphatic carbocycles. The van der Waals surface area contributed by atoms with Gasteiger partial charge in [-0.25, -0.2) is 0 Å². The summed E-state index contributed by atoms with van der Waals surface area (Å²) < 4.78 is 0.828. The van der Waals surface area contributed by atoms with Gasteiger partial charge in [-0.1, -0.05) is 64.0 Å². The molecule has 0 saturated heterocycles. The number of hydrogen-bond acceptors (Lipinski definition) is 4. The summed E-state index contributed by atoms with van der Waals surface area (Å²) in [5, 5.41) is 28.9. The molecule has 0 saturated carbocycles. The van der Waals surface area contributed by atoms with Crippen molar-refractivity contribution in [1.82, 2.24) is 0 Å². The minimum atomic E-state index is -1.02. The molecule has 0 aromatic carbocycles. The molecule has 7 heteroatoms. The monoisotopic (exact) mass is 539 g/mol. The van der Waals surface area contributed by atoms with Gasteiger partial charge in [-0.05, 0) is 77.0 Å². The topological polar surface area (TPSA) is 115 Å². The van der Waals surface area contributed by atoms with Crippen molar-refractivity contribution in [2.75, 3.05) is 26.2 Å². The Morgan fingerprint density at radius 1 is 0.553 bits per heavy atom. The van der Waals surface area contributed by atoms with E-state index >= 15 is 0 Å². The molecule has 2 N–H and O–H groups in total. The van der Waals surface area contributed by atoms with Crippen LogP contribution in [0.25, 0.3) is 0 Å². The summed E-state index contributed by atoms with van der Waals surface area (Å²) in [5.41, 5.74) is 0. The Morgan fingerprint density at radius 3 is 1.34 bits per heavy atom. The van der Waals surface area contributed by atoms with Gasteiger partial charge in [-0.15, -0.1) is 0 Å². The lowest BCUT2D eigenvalue weighted by atomic mass is 10.1. The zero-order chi connectivity index (χ0) is 28.3. The van der Waals surface area contributed by atoms with Crippen LogP contribution in [0.1, 0.15) is 142 Å². The van der Waals surface area contributed by atoms with E-state index in [2.05, 4.69) is 19.1 Å². The molecular weight excluding hydrogens is 482 g/mol. The van der Waals surface area contributed by atoms with Crippen LogP contribution in [0.4, 0.5) is 0 Å². The fourth-order valence-electron chi connectivity index (χ4n) is 5.18. The molecule has 0 fully saturated rings. The van der Waals surface area contributed by atoms with Crippen LogP contribution in [0.2, 0.25) is 0 Å². The maximum atomic E-state index is 11.0. The Hall–Kier alpha value is -1.89. The Morgan fingerprint density at radius 2 is 0.921 bits per heavy atom. The van der Waals surface area contributed by atoms with E-state index in [1.54, 1.807) is 0 Å². The maximum absolute atomic E-state index is 11.0. The largest absolute Gasteiger partial charge is 0.550 e. The summed E-state index contributed by atoms with van der Waals surface area (Å²) >= 11 is 0. The summed E-state index contributed by atoms with van der Waals surface area (Å²) in [7, 11) is 0. The molecule has 7 nitrogen and oxygen atoms in total. The Kier molecular flexibility index (Phi) is 24.1. The van der Waals surface area contributed by atoms with E-state index in [1.807, 2.05) is 0 Å². The van der Waals surface area contributed by atoms with Crippen molar-refractivity contribution < 1.29 is 34.2 Å². The molecule has 0 aliphatic heterocycles. The molecule has 0 aromatic rings. The third-order valence-corrected chi connectivity index (χ3v) is 7.45. The first kappa shape index (κ1) is 36.1. The molecule has 0 heterocycles. The number of allylic oxidation sites excluding steroid dienone is 2. The lowest BCUT2D eigenvalue weighted by Gasteiger charge is -2.39. The number of carbonyl (C=O) groups excluding carboxylic acids is 1. The van der Waals surface area contributed by atoms with Crippen molar-refractivity contribution in [2.45, 2.75) is 142 Å². The van der Waals surface area contributed by atoms with Gasteiger partial charge in [0.05, 0.1) is 26.2 Å². The third kappa shape index (κ3) is 24.4. The van der Waals surface area contributed by atoms with Crippen molar-refractivity contribution in [3.63, 3.8) is 0 Å². The number of carbonyl (C=O) groups is 3. The lowest BCUT2D eigenvalue weighted by Crippen LogP contribution is -2.51. The van der Waals surface area contributed by atoms with Crippen LogP contribution in [0.3, 0.4) is 0 Å². The summed E-state index contributed by atoms with van der Waals surface area (Å²) in [5.74, 6) is -2.58. The fraction of sp³-hybridized carbons (Fsp3) is 0.839. The number of hydrogen-bond donors (Lipinski definition) is 2. The Labute approximate surface area is 232 Å². The Balaban J connectivity index is 4.61. The van der Waals surface area contributed by atoms with E-state index in [4.69, 9.17) is 10.2 Å². The normalized spacial score (nSPS) is 11.8. The third-order valence-electron chi connectivity index (χ3n) is 7.45. The van der Waals surface area contributed by atoms with E-state index in [1.165, 1.54) is 51.4 Å². The first-order valence-corrected chi connectivity index (χ1v) is 15.4. The first-order chi connectivity index (χ1) is 18.3. The highest BCUT2D eigenvalue weighted by atomic mass is 16.4. The standard InChI is InChI=1S/C31H57NO6/c1-2-3-4-5-6-7-8-9-10-11-12-13-14-18-25-32(26-19-15-22-29(33)34,27-20-16-23-30(35)36)28-21-17-24-31(37)38/h11-12H,2-10,13-28H2,1H3,(H2-,33,34,35,36,37,38)/b12-11+. The number of carboxylic acid groups (broad SMARTS) is 3. The number of unbranched alkanes of at least 4 members (excludes halogenated alkanes) is 13. The molecule has 0 unspecified atom stereocenters. The van der Waals surface area contributed by atoms with Gasteiger partial charge in [-0.2, -0.15) is 0 Å². The maximum Gasteiger partial charge on any atom is 0.303 e. The fourth-order valence-corrected chi connectivity index (χ4v) is 5.18. The van der Waals surface area contributed by atoms with Gasteiger partial charge in [0.2, 0.25) is 0 Å². The van der Waals surface area contributed by atoms with Gasteiger partial charge in [0.1, 0.15) is 0 Å². The van der Waals surface area contributed by atoms with Crippen molar-refractivity contribution >= 4 is 17.9 Å². The highest BCUT2D eigenvalue weighted by molar-refractivity contribution is 5.66. The van der Waals surface area contributed by atoms with Crippen LogP contribution >= 0.6 is 0 Å². The second-order valence-electron chi connectivity index (χ2n) is 11.0. The predicted molar refractivity (Wildman–Crippen MR) is 152 cm³/mol. The van der Waals surface area contributed by atoms with Crippen molar-refractivity contribution in [2.24, 2.45) is 0 Å². The summed E-state index contributed by atoms with van der Waals surface area (Å²) in [6.45, 7) is 5.79. The van der Waals surface area contributed by atoms with Crippen LogP contribution in [0.5, 0.6) is 0 Å². The van der Waals surface area contributed by atoms with E-state index in [9.17, 15) is 19.5 Å². The molecule has 222 valence electrons. The van der Waals surface area contributed by atoms with Gasteiger partial charge < -0.3 is 24.6 Å². The summed E-state index contributed by atoms with van der Waals surface area (Å²) in [6, 6.07) is 0. The quantitative estimate of drug-likeness (QED) is 0.0638. The minimum Gasteiger partial charge on any atom is -0.550 e. The van der Waals surface area contributed by atoms with Crippen LogP contribution in [0.15, 0.2) is 12.2 Å². The predicted octanol–water partition coefficient (Wildman–Crippen LogP) is 6.49. The molecule has 0 aliphatic rings. The second-order valence-corrected chi connectivity index (χ2v) is 11.0. The average molecular weight is 540 g/mol. The van der Waals surface area contributed by atoms with Crippen LogP contribution in [-0.2, 0) is 14.4 Å². The molecule has 38 heavy (non-hydrogen) atoms. The van der Waals surface area contributed by atoms with E-state index in [-0.39, 0.29) is 19.3 Å². The Bertz CT molecular complexity index is 579. The highest BCUT2D eigenvalue weighted by Gasteiger charge is 2.26. The van der Waals surface area contributed by atoms with Crippen LogP contribution in [0, 0.1) is 0 Å². The molecule has 0 bridgehead atoms. The zero-order valence-electron chi connectivity index (χ0n) is 24.3. The number of carboxylic acids is 3. The van der Waals surface area contributed by atoms with Crippen LogP contribution < -0.4 is 5.11 Å². The number of nitrogens with zero attached hydrogens (tertiary/aromatic N) is 1. The molecule has 0 radical (unpaired) electrons. The molecular formula is C31H57NO6. The second kappa shape index (κ2) is 25.4. The molecule has 0 spiro atoms. The molecule has 0 amide bonds. The molecule has 0 aromatic heterocycles. The lowest BCUT2D eigenvalue weighted by molar-refractivity contribution is -0.929. The van der Waals surface area contributed by atoms with E-state index in [0.29, 0.717) is 19.3 Å². The number of rotatable bonds is 29. The van der Waals surface area contributed by atoms with Gasteiger partial charge in [0, 0.05) is 18.8 Å². The van der Waals surface area contributed by atoms with Crippen LogP contribution in [-0.4, -0.2) is 58.8 Å². The number of quaternary nitrogens is 1.